The van der Waals surface area contributed by atoms with Crippen LogP contribution in [0.25, 0.3) is 0 Å². The molecule has 2 aliphatic rings. The number of aliphatic imine (C=N–C) groups is 1. The lowest BCUT2D eigenvalue weighted by Crippen LogP contribution is -2.50. The van der Waals surface area contributed by atoms with E-state index in [9.17, 15) is 14.7 Å². The molecule has 1 unspecified atom stereocenters. The highest BCUT2D eigenvalue weighted by molar-refractivity contribution is 6.39. The SMILES string of the molecule is CCCCC(c1ccc(C(=O)O)cc1)N1C(=O)C(C)=NC12CCC(C)CC2. The number of carboxylic acid groups (broad SMARTS) is 1. The molecule has 1 spiro atoms. The van der Waals surface area contributed by atoms with Crippen molar-refractivity contribution in [3.05, 3.63) is 35.4 Å². The molecule has 27 heavy (non-hydrogen) atoms. The molecule has 1 aliphatic carbocycles. The topological polar surface area (TPSA) is 70.0 Å². The van der Waals surface area contributed by atoms with E-state index in [0.717, 1.165) is 50.5 Å². The first-order chi connectivity index (χ1) is 12.9. The minimum Gasteiger partial charge on any atom is -0.478 e. The molecule has 1 aromatic carbocycles. The lowest BCUT2D eigenvalue weighted by atomic mass is 9.81. The van der Waals surface area contributed by atoms with E-state index in [1.165, 1.54) is 0 Å². The smallest absolute Gasteiger partial charge is 0.335 e. The lowest BCUT2D eigenvalue weighted by molar-refractivity contribution is -0.133. The van der Waals surface area contributed by atoms with Crippen LogP contribution in [0.5, 0.6) is 0 Å². The van der Waals surface area contributed by atoms with Crippen LogP contribution in [0, 0.1) is 5.92 Å². The summed E-state index contributed by atoms with van der Waals surface area (Å²) in [6, 6.07) is 6.95. The van der Waals surface area contributed by atoms with Crippen LogP contribution in [0.1, 0.15) is 87.7 Å². The Morgan fingerprint density at radius 3 is 2.48 bits per heavy atom. The first kappa shape index (κ1) is 19.6. The Bertz CT molecular complexity index is 730. The lowest BCUT2D eigenvalue weighted by Gasteiger charge is -2.45. The molecular weight excluding hydrogens is 340 g/mol. The Labute approximate surface area is 161 Å². The third kappa shape index (κ3) is 3.78. The van der Waals surface area contributed by atoms with Crippen LogP contribution in [0.4, 0.5) is 0 Å². The molecule has 1 atom stereocenters. The van der Waals surface area contributed by atoms with Gasteiger partial charge in [0.25, 0.3) is 5.91 Å². The normalized spacial score (nSPS) is 26.3. The number of benzene rings is 1. The maximum atomic E-state index is 13.1. The summed E-state index contributed by atoms with van der Waals surface area (Å²) in [7, 11) is 0. The molecule has 0 radical (unpaired) electrons. The third-order valence-electron chi connectivity index (χ3n) is 6.11. The van der Waals surface area contributed by atoms with E-state index in [-0.39, 0.29) is 17.5 Å². The van der Waals surface area contributed by atoms with Gasteiger partial charge in [0.1, 0.15) is 5.66 Å². The van der Waals surface area contributed by atoms with Gasteiger partial charge in [0, 0.05) is 0 Å². The molecule has 0 saturated heterocycles. The molecule has 1 aliphatic heterocycles. The standard InChI is InChI=1S/C22H30N2O3/c1-4-5-6-19(17-7-9-18(10-8-17)21(26)27)24-20(25)16(3)23-22(24)13-11-15(2)12-14-22/h7-10,15,19H,4-6,11-14H2,1-3H3,(H,26,27). The predicted molar refractivity (Wildman–Crippen MR) is 106 cm³/mol. The van der Waals surface area contributed by atoms with Crippen molar-refractivity contribution in [2.45, 2.75) is 77.4 Å². The highest BCUT2D eigenvalue weighted by Crippen LogP contribution is 2.46. The number of carbonyl (C=O) groups excluding carboxylic acids is 1. The molecule has 1 amide bonds. The van der Waals surface area contributed by atoms with Crippen molar-refractivity contribution in [2.24, 2.45) is 10.9 Å². The van der Waals surface area contributed by atoms with E-state index < -0.39 is 11.6 Å². The third-order valence-corrected chi connectivity index (χ3v) is 6.11. The monoisotopic (exact) mass is 370 g/mol. The molecule has 5 nitrogen and oxygen atoms in total. The molecule has 5 heteroatoms. The summed E-state index contributed by atoms with van der Waals surface area (Å²) in [5.41, 5.74) is 1.46. The van der Waals surface area contributed by atoms with Crippen LogP contribution in [0.3, 0.4) is 0 Å². The number of aromatic carboxylic acids is 1. The van der Waals surface area contributed by atoms with Gasteiger partial charge in [0.15, 0.2) is 0 Å². The van der Waals surface area contributed by atoms with Gasteiger partial charge in [-0.05, 0) is 62.6 Å². The second-order valence-corrected chi connectivity index (χ2v) is 8.12. The molecule has 0 aromatic heterocycles. The van der Waals surface area contributed by atoms with E-state index in [2.05, 4.69) is 13.8 Å². The maximum Gasteiger partial charge on any atom is 0.335 e. The van der Waals surface area contributed by atoms with E-state index in [4.69, 9.17) is 4.99 Å². The molecule has 1 saturated carbocycles. The molecule has 3 rings (SSSR count). The number of carbonyl (C=O) groups is 2. The van der Waals surface area contributed by atoms with Crippen LogP contribution < -0.4 is 0 Å². The fraction of sp³-hybridized carbons (Fsp3) is 0.591. The first-order valence-corrected chi connectivity index (χ1v) is 10.1. The molecule has 0 bridgehead atoms. The average molecular weight is 370 g/mol. The highest BCUT2D eigenvalue weighted by Gasteiger charge is 2.50. The van der Waals surface area contributed by atoms with Crippen molar-refractivity contribution >= 4 is 17.6 Å². The van der Waals surface area contributed by atoms with E-state index in [1.54, 1.807) is 12.1 Å². The van der Waals surface area contributed by atoms with E-state index in [1.807, 2.05) is 24.0 Å². The molecular formula is C22H30N2O3. The van der Waals surface area contributed by atoms with Crippen LogP contribution in [-0.2, 0) is 4.79 Å². The van der Waals surface area contributed by atoms with Crippen molar-refractivity contribution in [2.75, 3.05) is 0 Å². The maximum absolute atomic E-state index is 13.1. The van der Waals surface area contributed by atoms with Gasteiger partial charge in [-0.3, -0.25) is 9.79 Å². The van der Waals surface area contributed by atoms with Gasteiger partial charge >= 0.3 is 5.97 Å². The largest absolute Gasteiger partial charge is 0.478 e. The Morgan fingerprint density at radius 2 is 1.93 bits per heavy atom. The number of amides is 1. The summed E-state index contributed by atoms with van der Waals surface area (Å²) < 4.78 is 0. The van der Waals surface area contributed by atoms with Gasteiger partial charge in [-0.25, -0.2) is 4.79 Å². The number of hydrogen-bond acceptors (Lipinski definition) is 3. The second-order valence-electron chi connectivity index (χ2n) is 8.12. The number of rotatable bonds is 6. The summed E-state index contributed by atoms with van der Waals surface area (Å²) in [6.45, 7) is 6.24. The second kappa shape index (κ2) is 7.83. The Kier molecular flexibility index (Phi) is 5.68. The van der Waals surface area contributed by atoms with Gasteiger partial charge in [0.2, 0.25) is 0 Å². The Hall–Kier alpha value is -2.17. The highest BCUT2D eigenvalue weighted by atomic mass is 16.4. The van der Waals surface area contributed by atoms with Crippen molar-refractivity contribution in [1.82, 2.24) is 4.90 Å². The van der Waals surface area contributed by atoms with Gasteiger partial charge in [-0.2, -0.15) is 0 Å². The summed E-state index contributed by atoms with van der Waals surface area (Å²) in [4.78, 5) is 31.2. The van der Waals surface area contributed by atoms with Crippen LogP contribution in [0.2, 0.25) is 0 Å². The van der Waals surface area contributed by atoms with Gasteiger partial charge in [-0.15, -0.1) is 0 Å². The zero-order valence-corrected chi connectivity index (χ0v) is 16.6. The number of unbranched alkanes of at least 4 members (excludes halogenated alkanes) is 1. The minimum atomic E-state index is -0.930. The summed E-state index contributed by atoms with van der Waals surface area (Å²) in [5.74, 6) is -0.221. The molecule has 1 aromatic rings. The van der Waals surface area contributed by atoms with Gasteiger partial charge in [-0.1, -0.05) is 38.8 Å². The van der Waals surface area contributed by atoms with Crippen molar-refractivity contribution < 1.29 is 14.7 Å². The predicted octanol–water partition coefficient (Wildman–Crippen LogP) is 4.83. The van der Waals surface area contributed by atoms with Crippen molar-refractivity contribution in [3.63, 3.8) is 0 Å². The van der Waals surface area contributed by atoms with Crippen molar-refractivity contribution in [1.29, 1.82) is 0 Å². The number of carboxylic acids is 1. The van der Waals surface area contributed by atoms with Crippen LogP contribution in [-0.4, -0.2) is 33.3 Å². The average Bonchev–Trinajstić information content (AvgIpc) is 2.89. The van der Waals surface area contributed by atoms with Crippen LogP contribution >= 0.6 is 0 Å². The molecule has 146 valence electrons. The fourth-order valence-electron chi connectivity index (χ4n) is 4.48. The fourth-order valence-corrected chi connectivity index (χ4v) is 4.48. The molecule has 1 N–H and O–H groups in total. The summed E-state index contributed by atoms with van der Waals surface area (Å²) in [6.07, 6.45) is 6.92. The summed E-state index contributed by atoms with van der Waals surface area (Å²) >= 11 is 0. The molecule has 1 fully saturated rings. The zero-order valence-electron chi connectivity index (χ0n) is 16.6. The summed E-state index contributed by atoms with van der Waals surface area (Å²) in [5, 5.41) is 9.18. The minimum absolute atomic E-state index is 0.0352. The Balaban J connectivity index is 1.97. The quantitative estimate of drug-likeness (QED) is 0.780. The van der Waals surface area contributed by atoms with E-state index >= 15 is 0 Å². The van der Waals surface area contributed by atoms with Gasteiger partial charge in [0.05, 0.1) is 17.3 Å². The number of nitrogens with zero attached hydrogens (tertiary/aromatic N) is 2. The van der Waals surface area contributed by atoms with E-state index in [0.29, 0.717) is 11.6 Å². The van der Waals surface area contributed by atoms with Crippen molar-refractivity contribution in [3.8, 4) is 0 Å². The first-order valence-electron chi connectivity index (χ1n) is 10.1. The van der Waals surface area contributed by atoms with Crippen LogP contribution in [0.15, 0.2) is 29.3 Å². The van der Waals surface area contributed by atoms with Gasteiger partial charge < -0.3 is 10.0 Å². The Morgan fingerprint density at radius 1 is 1.30 bits per heavy atom. The zero-order chi connectivity index (χ0) is 19.6. The number of hydrogen-bond donors (Lipinski definition) is 1. The molecule has 1 heterocycles.